The fourth-order valence-electron chi connectivity index (χ4n) is 4.01. The van der Waals surface area contributed by atoms with Crippen LogP contribution < -0.4 is 5.73 Å². The van der Waals surface area contributed by atoms with E-state index in [4.69, 9.17) is 10.6 Å². The van der Waals surface area contributed by atoms with Gasteiger partial charge in [0.25, 0.3) is 5.69 Å². The van der Waals surface area contributed by atoms with Crippen molar-refractivity contribution in [2.24, 2.45) is 5.92 Å². The molecule has 0 amide bonds. The number of fused-ring (bicyclic) bond motifs is 1. The van der Waals surface area contributed by atoms with E-state index in [2.05, 4.69) is 19.6 Å². The number of nitrogen functional groups attached to an aromatic ring is 1. The number of rotatable bonds is 11. The quantitative estimate of drug-likeness (QED) is 0.0670. The van der Waals surface area contributed by atoms with Gasteiger partial charge in [-0.25, -0.2) is 14.9 Å². The number of non-ortho nitro benzene ring substituents is 1. The lowest BCUT2D eigenvalue weighted by molar-refractivity contribution is -0.384. The average molecular weight is 630 g/mol. The molecule has 1 aromatic carbocycles. The third kappa shape index (κ3) is 7.65. The number of aromatic nitrogens is 4. The Morgan fingerprint density at radius 2 is 1.80 bits per heavy atom. The number of hydrogen-bond donors (Lipinski definition) is 2. The molecule has 0 saturated heterocycles. The van der Waals surface area contributed by atoms with Gasteiger partial charge in [-0.1, -0.05) is 18.7 Å². The van der Waals surface area contributed by atoms with Crippen molar-refractivity contribution in [1.82, 2.24) is 19.5 Å². The van der Waals surface area contributed by atoms with Gasteiger partial charge in [0, 0.05) is 17.0 Å². The summed E-state index contributed by atoms with van der Waals surface area (Å²) >= 11 is 1.09. The van der Waals surface area contributed by atoms with Gasteiger partial charge >= 0.3 is 19.9 Å². The molecule has 2 aromatic heterocycles. The summed E-state index contributed by atoms with van der Waals surface area (Å²) in [5, 5.41) is 11.2. The van der Waals surface area contributed by atoms with E-state index in [9.17, 15) is 45.9 Å². The number of imidazole rings is 1. The van der Waals surface area contributed by atoms with Crippen LogP contribution in [-0.4, -0.2) is 52.9 Å². The number of hydrogen-bond acceptors (Lipinski definition) is 10. The van der Waals surface area contributed by atoms with E-state index in [1.54, 1.807) is 6.92 Å². The SMILES string of the molecule is CC1CC1(Cn1cnc2c(Sc3ccc([N+](=O)[O-])cc3)nc(N)nc21)OOP(=O)(O)C(CC(F)(F)F)CC(F)(F)F. The molecule has 12 nitrogen and oxygen atoms in total. The molecule has 2 heterocycles. The second-order valence-corrected chi connectivity index (χ2v) is 12.5. The molecule has 3 N–H and O–H groups in total. The van der Waals surface area contributed by atoms with Gasteiger partial charge in [-0.2, -0.15) is 31.3 Å². The van der Waals surface area contributed by atoms with E-state index in [1.807, 2.05) is 0 Å². The van der Waals surface area contributed by atoms with Gasteiger partial charge in [-0.15, -0.1) is 4.67 Å². The summed E-state index contributed by atoms with van der Waals surface area (Å²) in [6, 6.07) is 5.58. The molecular weight excluding hydrogens is 609 g/mol. The van der Waals surface area contributed by atoms with Crippen LogP contribution in [0.5, 0.6) is 0 Å². The summed E-state index contributed by atoms with van der Waals surface area (Å²) in [4.78, 5) is 38.6. The molecular formula is C21H21F6N6O6PS. The van der Waals surface area contributed by atoms with Crippen LogP contribution in [0, 0.1) is 16.0 Å². The number of halogens is 6. The summed E-state index contributed by atoms with van der Waals surface area (Å²) < 4.78 is 95.5. The summed E-state index contributed by atoms with van der Waals surface area (Å²) in [6.07, 6.45) is -13.2. The van der Waals surface area contributed by atoms with Crippen molar-refractivity contribution >= 4 is 42.2 Å². The van der Waals surface area contributed by atoms with Crippen molar-refractivity contribution in [2.75, 3.05) is 5.73 Å². The molecule has 0 spiro atoms. The molecule has 3 unspecified atom stereocenters. The first-order chi connectivity index (χ1) is 18.9. The monoisotopic (exact) mass is 630 g/mol. The van der Waals surface area contributed by atoms with Crippen LogP contribution in [0.2, 0.25) is 0 Å². The molecule has 3 aromatic rings. The van der Waals surface area contributed by atoms with E-state index in [1.165, 1.54) is 35.2 Å². The molecule has 224 valence electrons. The lowest BCUT2D eigenvalue weighted by atomic mass is 10.2. The first kappa shape index (κ1) is 31.0. The van der Waals surface area contributed by atoms with Gasteiger partial charge in [0.1, 0.15) is 16.1 Å². The number of nitro benzene ring substituents is 1. The highest BCUT2D eigenvalue weighted by Gasteiger charge is 2.57. The van der Waals surface area contributed by atoms with Gasteiger partial charge in [0.15, 0.2) is 5.65 Å². The second kappa shape index (κ2) is 11.0. The topological polar surface area (TPSA) is 169 Å². The highest BCUT2D eigenvalue weighted by molar-refractivity contribution is 7.99. The summed E-state index contributed by atoms with van der Waals surface area (Å²) in [6.45, 7) is 1.47. The lowest BCUT2D eigenvalue weighted by Crippen LogP contribution is -2.29. The molecule has 41 heavy (non-hydrogen) atoms. The molecule has 1 fully saturated rings. The van der Waals surface area contributed by atoms with Crippen LogP contribution in [0.3, 0.4) is 0 Å². The third-order valence-electron chi connectivity index (χ3n) is 6.24. The number of anilines is 1. The Hall–Kier alpha value is -2.99. The maximum Gasteiger partial charge on any atom is 0.390 e. The Balaban J connectivity index is 1.54. The van der Waals surface area contributed by atoms with E-state index >= 15 is 0 Å². The molecule has 1 aliphatic carbocycles. The van der Waals surface area contributed by atoms with Gasteiger partial charge < -0.3 is 15.2 Å². The van der Waals surface area contributed by atoms with Crippen molar-refractivity contribution in [3.8, 4) is 0 Å². The number of nitro groups is 1. The van der Waals surface area contributed by atoms with E-state index in [0.29, 0.717) is 4.90 Å². The number of benzene rings is 1. The van der Waals surface area contributed by atoms with E-state index in [-0.39, 0.29) is 46.7 Å². The number of nitrogens with two attached hydrogens (primary N) is 1. The standard InChI is InChI=1S/C21H21F6N6O6PS/c1-11-6-19(11,38-39-40(36,37)13(7-20(22,23)24)8-21(25,26)27)9-32-10-29-15-16(32)30-18(28)31-17(15)41-14-4-2-12(3-5-14)33(34)35/h2-5,10-11,13H,6-9H2,1H3,(H,36,37)(H2,28,30,31). The minimum atomic E-state index is -5.56. The van der Waals surface area contributed by atoms with Crippen LogP contribution >= 0.6 is 19.4 Å². The molecule has 0 aliphatic heterocycles. The molecule has 0 radical (unpaired) electrons. The summed E-state index contributed by atoms with van der Waals surface area (Å²) in [7, 11) is -5.56. The van der Waals surface area contributed by atoms with E-state index < -0.39 is 49.0 Å². The van der Waals surface area contributed by atoms with Gasteiger partial charge in [0.2, 0.25) is 5.95 Å². The smallest absolute Gasteiger partial charge is 0.368 e. The zero-order valence-corrected chi connectivity index (χ0v) is 22.5. The molecule has 1 saturated carbocycles. The van der Waals surface area contributed by atoms with E-state index in [0.717, 1.165) is 11.8 Å². The first-order valence-corrected chi connectivity index (χ1v) is 14.1. The van der Waals surface area contributed by atoms with Gasteiger partial charge in [-0.05, 0) is 24.5 Å². The van der Waals surface area contributed by atoms with Crippen molar-refractivity contribution in [3.05, 3.63) is 40.7 Å². The van der Waals surface area contributed by atoms with Crippen molar-refractivity contribution in [2.45, 2.75) is 66.3 Å². The minimum absolute atomic E-state index is 0.118. The summed E-state index contributed by atoms with van der Waals surface area (Å²) in [5.41, 5.74) is 1.96. The highest BCUT2D eigenvalue weighted by atomic mass is 32.2. The average Bonchev–Trinajstić information content (AvgIpc) is 3.29. The molecule has 4 rings (SSSR count). The Morgan fingerprint density at radius 3 is 2.32 bits per heavy atom. The minimum Gasteiger partial charge on any atom is -0.368 e. The third-order valence-corrected chi connectivity index (χ3v) is 8.81. The number of nitrogens with zero attached hydrogens (tertiary/aromatic N) is 5. The Bertz CT molecular complexity index is 1470. The van der Waals surface area contributed by atoms with Crippen LogP contribution in [0.4, 0.5) is 38.0 Å². The maximum atomic E-state index is 12.9. The lowest BCUT2D eigenvalue weighted by Gasteiger charge is -2.26. The highest BCUT2D eigenvalue weighted by Crippen LogP contribution is 2.58. The predicted molar refractivity (Wildman–Crippen MR) is 131 cm³/mol. The van der Waals surface area contributed by atoms with Gasteiger partial charge in [-0.3, -0.25) is 14.7 Å². The van der Waals surface area contributed by atoms with Crippen LogP contribution in [-0.2, 0) is 20.7 Å². The largest absolute Gasteiger partial charge is 0.390 e. The predicted octanol–water partition coefficient (Wildman–Crippen LogP) is 5.65. The molecule has 3 atom stereocenters. The Labute approximate surface area is 230 Å². The number of alkyl halides is 6. The Kier molecular flexibility index (Phi) is 8.32. The van der Waals surface area contributed by atoms with Crippen molar-refractivity contribution < 1.29 is 50.3 Å². The second-order valence-electron chi connectivity index (χ2n) is 9.47. The Morgan fingerprint density at radius 1 is 1.22 bits per heavy atom. The van der Waals surface area contributed by atoms with Crippen LogP contribution in [0.25, 0.3) is 11.2 Å². The maximum absolute atomic E-state index is 12.9. The summed E-state index contributed by atoms with van der Waals surface area (Å²) in [5.74, 6) is -0.544. The fraction of sp³-hybridized carbons (Fsp3) is 0.476. The molecule has 0 bridgehead atoms. The molecule has 20 heteroatoms. The van der Waals surface area contributed by atoms with Gasteiger partial charge in [0.05, 0.1) is 36.3 Å². The first-order valence-electron chi connectivity index (χ1n) is 11.6. The van der Waals surface area contributed by atoms with Crippen molar-refractivity contribution in [3.63, 3.8) is 0 Å². The molecule has 1 aliphatic rings. The zero-order valence-electron chi connectivity index (χ0n) is 20.8. The van der Waals surface area contributed by atoms with Crippen molar-refractivity contribution in [1.29, 1.82) is 0 Å². The van der Waals surface area contributed by atoms with Crippen LogP contribution in [0.15, 0.2) is 40.5 Å². The zero-order chi connectivity index (χ0) is 30.4. The van der Waals surface area contributed by atoms with Crippen LogP contribution in [0.1, 0.15) is 26.2 Å². The normalized spacial score (nSPS) is 20.9. The fourth-order valence-corrected chi connectivity index (χ4v) is 6.13.